The lowest BCUT2D eigenvalue weighted by atomic mass is 9.77. The summed E-state index contributed by atoms with van der Waals surface area (Å²) in [7, 11) is -1.50. The van der Waals surface area contributed by atoms with E-state index in [1.165, 1.54) is 0 Å². The van der Waals surface area contributed by atoms with E-state index in [1.54, 1.807) is 18.2 Å². The van der Waals surface area contributed by atoms with E-state index in [4.69, 9.17) is 11.6 Å². The lowest BCUT2D eigenvalue weighted by Gasteiger charge is -2.09. The number of benzene rings is 1. The van der Waals surface area contributed by atoms with Gasteiger partial charge in [0.2, 0.25) is 0 Å². The number of aryl methyl sites for hydroxylation is 2. The van der Waals surface area contributed by atoms with Gasteiger partial charge in [0.05, 0.1) is 5.52 Å². The molecule has 16 heavy (non-hydrogen) atoms. The molecule has 2 aromatic rings. The second kappa shape index (κ2) is 4.05. The molecule has 0 aliphatic carbocycles. The van der Waals surface area contributed by atoms with Crippen LogP contribution in [0.1, 0.15) is 11.3 Å². The SMILES string of the molecule is Cc1cc(B(O)O)c2ccc(Cl)c(C)c2n1. The number of fused-ring (bicyclic) bond motifs is 1. The predicted molar refractivity (Wildman–Crippen MR) is 66.1 cm³/mol. The third kappa shape index (κ3) is 1.80. The fourth-order valence-corrected chi connectivity index (χ4v) is 1.93. The molecule has 82 valence electrons. The van der Waals surface area contributed by atoms with E-state index in [0.29, 0.717) is 10.5 Å². The van der Waals surface area contributed by atoms with Gasteiger partial charge >= 0.3 is 7.12 Å². The zero-order valence-electron chi connectivity index (χ0n) is 9.03. The second-order valence-electron chi connectivity index (χ2n) is 3.80. The summed E-state index contributed by atoms with van der Waals surface area (Å²) in [5.41, 5.74) is 2.77. The molecule has 0 amide bonds. The summed E-state index contributed by atoms with van der Waals surface area (Å²) in [6.45, 7) is 3.68. The van der Waals surface area contributed by atoms with Gasteiger partial charge in [0.15, 0.2) is 0 Å². The van der Waals surface area contributed by atoms with Crippen LogP contribution in [0.3, 0.4) is 0 Å². The maximum atomic E-state index is 9.30. The van der Waals surface area contributed by atoms with E-state index in [9.17, 15) is 10.0 Å². The van der Waals surface area contributed by atoms with Gasteiger partial charge in [-0.3, -0.25) is 4.98 Å². The smallest absolute Gasteiger partial charge is 0.423 e. The number of halogens is 1. The Bertz CT molecular complexity index is 557. The highest BCUT2D eigenvalue weighted by Crippen LogP contribution is 2.23. The van der Waals surface area contributed by atoms with Gasteiger partial charge in [-0.2, -0.15) is 0 Å². The average Bonchev–Trinajstić information content (AvgIpc) is 2.23. The van der Waals surface area contributed by atoms with Crippen LogP contribution in [0.2, 0.25) is 5.02 Å². The molecule has 5 heteroatoms. The van der Waals surface area contributed by atoms with Gasteiger partial charge in [0, 0.05) is 16.1 Å². The van der Waals surface area contributed by atoms with Crippen LogP contribution in [0.4, 0.5) is 0 Å². The minimum Gasteiger partial charge on any atom is -0.423 e. The van der Waals surface area contributed by atoms with Gasteiger partial charge < -0.3 is 10.0 Å². The third-order valence-corrected chi connectivity index (χ3v) is 3.02. The van der Waals surface area contributed by atoms with Crippen molar-refractivity contribution in [2.75, 3.05) is 0 Å². The summed E-state index contributed by atoms with van der Waals surface area (Å²) in [5.74, 6) is 0. The van der Waals surface area contributed by atoms with E-state index in [1.807, 2.05) is 13.8 Å². The summed E-state index contributed by atoms with van der Waals surface area (Å²) >= 11 is 6.01. The van der Waals surface area contributed by atoms with Crippen LogP contribution in [-0.4, -0.2) is 22.2 Å². The highest BCUT2D eigenvalue weighted by Gasteiger charge is 2.17. The quantitative estimate of drug-likeness (QED) is 0.730. The van der Waals surface area contributed by atoms with Crippen molar-refractivity contribution in [1.29, 1.82) is 0 Å². The van der Waals surface area contributed by atoms with Crippen LogP contribution in [-0.2, 0) is 0 Å². The molecule has 0 saturated carbocycles. The lowest BCUT2D eigenvalue weighted by Crippen LogP contribution is -2.31. The monoisotopic (exact) mass is 235 g/mol. The minimum absolute atomic E-state index is 0.460. The Morgan fingerprint density at radius 1 is 1.25 bits per heavy atom. The van der Waals surface area contributed by atoms with Crippen molar-refractivity contribution in [1.82, 2.24) is 4.98 Å². The predicted octanol–water partition coefficient (Wildman–Crippen LogP) is 1.18. The minimum atomic E-state index is -1.50. The van der Waals surface area contributed by atoms with Gasteiger partial charge in [-0.25, -0.2) is 0 Å². The molecule has 0 atom stereocenters. The Morgan fingerprint density at radius 3 is 2.56 bits per heavy atom. The summed E-state index contributed by atoms with van der Waals surface area (Å²) in [5, 5.41) is 20.0. The molecular weight excluding hydrogens is 224 g/mol. The average molecular weight is 235 g/mol. The maximum Gasteiger partial charge on any atom is 0.489 e. The zero-order valence-corrected chi connectivity index (χ0v) is 9.78. The molecular formula is C11H11BClNO2. The zero-order chi connectivity index (χ0) is 11.9. The molecule has 1 aromatic carbocycles. The van der Waals surface area contributed by atoms with Gasteiger partial charge in [-0.1, -0.05) is 17.7 Å². The van der Waals surface area contributed by atoms with Crippen molar-refractivity contribution in [2.24, 2.45) is 0 Å². The van der Waals surface area contributed by atoms with Crippen LogP contribution >= 0.6 is 11.6 Å². The van der Waals surface area contributed by atoms with Crippen molar-refractivity contribution in [2.45, 2.75) is 13.8 Å². The molecule has 2 N–H and O–H groups in total. The molecule has 0 aliphatic rings. The van der Waals surface area contributed by atoms with Crippen LogP contribution in [0.25, 0.3) is 10.9 Å². The summed E-state index contributed by atoms with van der Waals surface area (Å²) in [6.07, 6.45) is 0. The number of hydrogen-bond donors (Lipinski definition) is 2. The number of aromatic nitrogens is 1. The molecule has 0 unspecified atom stereocenters. The van der Waals surface area contributed by atoms with E-state index < -0.39 is 7.12 Å². The van der Waals surface area contributed by atoms with Crippen molar-refractivity contribution in [3.63, 3.8) is 0 Å². The van der Waals surface area contributed by atoms with E-state index in [0.717, 1.165) is 22.2 Å². The first-order valence-electron chi connectivity index (χ1n) is 4.93. The lowest BCUT2D eigenvalue weighted by molar-refractivity contribution is 0.426. The number of nitrogens with zero attached hydrogens (tertiary/aromatic N) is 1. The normalized spacial score (nSPS) is 10.8. The Morgan fingerprint density at radius 2 is 1.94 bits per heavy atom. The van der Waals surface area contributed by atoms with Crippen LogP contribution in [0, 0.1) is 13.8 Å². The fourth-order valence-electron chi connectivity index (χ4n) is 1.78. The molecule has 0 bridgehead atoms. The molecule has 3 nitrogen and oxygen atoms in total. The molecule has 0 radical (unpaired) electrons. The number of rotatable bonds is 1. The Kier molecular flexibility index (Phi) is 2.89. The van der Waals surface area contributed by atoms with Crippen molar-refractivity contribution in [3.05, 3.63) is 34.5 Å². The fraction of sp³-hybridized carbons (Fsp3) is 0.182. The van der Waals surface area contributed by atoms with Crippen molar-refractivity contribution >= 4 is 35.1 Å². The Hall–Kier alpha value is -1.10. The molecule has 1 aromatic heterocycles. The molecule has 0 saturated heterocycles. The first-order chi connectivity index (χ1) is 7.50. The van der Waals surface area contributed by atoms with Crippen LogP contribution < -0.4 is 5.46 Å². The van der Waals surface area contributed by atoms with E-state index in [2.05, 4.69) is 4.98 Å². The summed E-state index contributed by atoms with van der Waals surface area (Å²) in [4.78, 5) is 4.37. The highest BCUT2D eigenvalue weighted by atomic mass is 35.5. The number of pyridine rings is 1. The Balaban J connectivity index is 2.89. The van der Waals surface area contributed by atoms with Gasteiger partial charge in [0.25, 0.3) is 0 Å². The van der Waals surface area contributed by atoms with Crippen molar-refractivity contribution in [3.8, 4) is 0 Å². The highest BCUT2D eigenvalue weighted by molar-refractivity contribution is 6.62. The first kappa shape index (κ1) is 11.4. The second-order valence-corrected chi connectivity index (χ2v) is 4.20. The summed E-state index contributed by atoms with van der Waals surface area (Å²) in [6, 6.07) is 5.16. The largest absolute Gasteiger partial charge is 0.489 e. The number of hydrogen-bond acceptors (Lipinski definition) is 3. The third-order valence-electron chi connectivity index (χ3n) is 2.61. The van der Waals surface area contributed by atoms with Crippen LogP contribution in [0.5, 0.6) is 0 Å². The topological polar surface area (TPSA) is 53.4 Å². The summed E-state index contributed by atoms with van der Waals surface area (Å²) < 4.78 is 0. The Labute approximate surface area is 98.8 Å². The van der Waals surface area contributed by atoms with Gasteiger partial charge in [-0.05, 0) is 37.0 Å². The maximum absolute atomic E-state index is 9.30. The van der Waals surface area contributed by atoms with Gasteiger partial charge in [-0.15, -0.1) is 0 Å². The molecule has 0 aliphatic heterocycles. The van der Waals surface area contributed by atoms with Gasteiger partial charge in [0.1, 0.15) is 0 Å². The van der Waals surface area contributed by atoms with Crippen LogP contribution in [0.15, 0.2) is 18.2 Å². The first-order valence-corrected chi connectivity index (χ1v) is 5.31. The standard InChI is InChI=1S/C11H11BClNO2/c1-6-5-9(12(15)16)8-3-4-10(13)7(2)11(8)14-6/h3-5,15-16H,1-2H3. The molecule has 1 heterocycles. The molecule has 0 fully saturated rings. The van der Waals surface area contributed by atoms with E-state index >= 15 is 0 Å². The molecule has 2 rings (SSSR count). The van der Waals surface area contributed by atoms with E-state index in [-0.39, 0.29) is 0 Å². The van der Waals surface area contributed by atoms with Crippen molar-refractivity contribution < 1.29 is 10.0 Å². The molecule has 0 spiro atoms.